The molecule has 1 heterocycles. The molecule has 0 bridgehead atoms. The third-order valence-corrected chi connectivity index (χ3v) is 2.65. The van der Waals surface area contributed by atoms with Gasteiger partial charge in [0, 0.05) is 19.5 Å². The van der Waals surface area contributed by atoms with E-state index < -0.39 is 0 Å². The lowest BCUT2D eigenvalue weighted by Gasteiger charge is -2.33. The molecule has 1 N–H and O–H groups in total. The largest absolute Gasteiger partial charge is 0.377 e. The van der Waals surface area contributed by atoms with Crippen LogP contribution in [0.25, 0.3) is 0 Å². The molecule has 1 rings (SSSR count). The van der Waals surface area contributed by atoms with Crippen LogP contribution >= 0.6 is 0 Å². The van der Waals surface area contributed by atoms with Crippen molar-refractivity contribution in [3.8, 4) is 0 Å². The fraction of sp³-hybridized carbons (Fsp3) is 0.583. The number of likely N-dealkylation sites (N-methyl/N-ethyl adjacent to an activating group) is 1. The van der Waals surface area contributed by atoms with Crippen LogP contribution in [0.5, 0.6) is 0 Å². The summed E-state index contributed by atoms with van der Waals surface area (Å²) in [5.41, 5.74) is 0.921. The van der Waals surface area contributed by atoms with Crippen molar-refractivity contribution >= 4 is 0 Å². The summed E-state index contributed by atoms with van der Waals surface area (Å²) in [6, 6.07) is 4.19. The molecular formula is C12H20N2O. The number of nitrogens with zero attached hydrogens (tertiary/aromatic N) is 1. The highest BCUT2D eigenvalue weighted by Gasteiger charge is 2.29. The van der Waals surface area contributed by atoms with E-state index in [1.54, 1.807) is 13.3 Å². The lowest BCUT2D eigenvalue weighted by molar-refractivity contribution is -0.0107. The standard InChI is InChI=1S/C12H20N2O/c1-5-14-11(12(2,3)15-4)10-7-6-8-13-9-10/h6-9,11,14H,5H2,1-4H3. The summed E-state index contributed by atoms with van der Waals surface area (Å²) in [7, 11) is 1.74. The Kier molecular flexibility index (Phi) is 4.24. The topological polar surface area (TPSA) is 34.2 Å². The summed E-state index contributed by atoms with van der Waals surface area (Å²) >= 11 is 0. The van der Waals surface area contributed by atoms with Gasteiger partial charge in [0.25, 0.3) is 0 Å². The molecule has 0 aromatic carbocycles. The maximum atomic E-state index is 5.52. The van der Waals surface area contributed by atoms with Crippen LogP contribution in [-0.4, -0.2) is 24.2 Å². The molecular weight excluding hydrogens is 188 g/mol. The molecule has 0 aliphatic carbocycles. The Labute approximate surface area is 91.9 Å². The molecule has 1 aromatic rings. The van der Waals surface area contributed by atoms with Crippen molar-refractivity contribution in [2.75, 3.05) is 13.7 Å². The Bertz CT molecular complexity index is 285. The van der Waals surface area contributed by atoms with E-state index >= 15 is 0 Å². The first-order chi connectivity index (χ1) is 7.11. The number of pyridine rings is 1. The zero-order chi connectivity index (χ0) is 11.3. The quantitative estimate of drug-likeness (QED) is 0.805. The molecule has 0 fully saturated rings. The summed E-state index contributed by atoms with van der Waals surface area (Å²) in [6.07, 6.45) is 3.67. The highest BCUT2D eigenvalue weighted by atomic mass is 16.5. The minimum atomic E-state index is -0.237. The van der Waals surface area contributed by atoms with Crippen molar-refractivity contribution < 1.29 is 4.74 Å². The number of rotatable bonds is 5. The zero-order valence-corrected chi connectivity index (χ0v) is 9.95. The third-order valence-electron chi connectivity index (χ3n) is 2.65. The molecule has 3 nitrogen and oxygen atoms in total. The number of aromatic nitrogens is 1. The van der Waals surface area contributed by atoms with Gasteiger partial charge >= 0.3 is 0 Å². The second-order valence-electron chi connectivity index (χ2n) is 4.08. The first kappa shape index (κ1) is 12.1. The lowest BCUT2D eigenvalue weighted by Crippen LogP contribution is -2.40. The van der Waals surface area contributed by atoms with E-state index in [-0.39, 0.29) is 11.6 Å². The Morgan fingerprint density at radius 1 is 1.53 bits per heavy atom. The average molecular weight is 208 g/mol. The van der Waals surface area contributed by atoms with E-state index in [1.807, 2.05) is 12.3 Å². The normalized spacial score (nSPS) is 13.9. The molecule has 1 unspecified atom stereocenters. The summed E-state index contributed by atoms with van der Waals surface area (Å²) < 4.78 is 5.52. The second kappa shape index (κ2) is 5.24. The van der Waals surface area contributed by atoms with Crippen molar-refractivity contribution in [1.82, 2.24) is 10.3 Å². The van der Waals surface area contributed by atoms with Crippen LogP contribution in [0.1, 0.15) is 32.4 Å². The number of hydrogen-bond acceptors (Lipinski definition) is 3. The van der Waals surface area contributed by atoms with Gasteiger partial charge in [-0.3, -0.25) is 4.98 Å². The van der Waals surface area contributed by atoms with Crippen molar-refractivity contribution in [3.63, 3.8) is 0 Å². The summed E-state index contributed by atoms with van der Waals surface area (Å²) in [5, 5.41) is 3.43. The molecule has 1 aromatic heterocycles. The SMILES string of the molecule is CCNC(c1cccnc1)C(C)(C)OC. The minimum absolute atomic E-state index is 0.168. The second-order valence-corrected chi connectivity index (χ2v) is 4.08. The van der Waals surface area contributed by atoms with Gasteiger partial charge in [-0.25, -0.2) is 0 Å². The Hall–Kier alpha value is -0.930. The molecule has 0 aliphatic heterocycles. The van der Waals surface area contributed by atoms with Crippen LogP contribution in [-0.2, 0) is 4.74 Å². The molecule has 0 saturated heterocycles. The van der Waals surface area contributed by atoms with Gasteiger partial charge in [-0.1, -0.05) is 13.0 Å². The third kappa shape index (κ3) is 3.01. The Balaban J connectivity index is 2.93. The molecule has 0 aliphatic rings. The predicted molar refractivity (Wildman–Crippen MR) is 61.7 cm³/mol. The molecule has 0 radical (unpaired) electrons. The first-order valence-electron chi connectivity index (χ1n) is 5.30. The number of hydrogen-bond donors (Lipinski definition) is 1. The van der Waals surface area contributed by atoms with Gasteiger partial charge in [0.1, 0.15) is 0 Å². The van der Waals surface area contributed by atoms with Crippen molar-refractivity contribution in [1.29, 1.82) is 0 Å². The van der Waals surface area contributed by atoms with Gasteiger partial charge in [-0.15, -0.1) is 0 Å². The molecule has 0 amide bonds. The minimum Gasteiger partial charge on any atom is -0.377 e. The van der Waals surface area contributed by atoms with E-state index in [0.717, 1.165) is 12.1 Å². The Morgan fingerprint density at radius 2 is 2.27 bits per heavy atom. The first-order valence-corrected chi connectivity index (χ1v) is 5.30. The highest BCUT2D eigenvalue weighted by Crippen LogP contribution is 2.27. The summed E-state index contributed by atoms with van der Waals surface area (Å²) in [4.78, 5) is 4.14. The van der Waals surface area contributed by atoms with E-state index in [9.17, 15) is 0 Å². The maximum Gasteiger partial charge on any atom is 0.0817 e. The molecule has 15 heavy (non-hydrogen) atoms. The summed E-state index contributed by atoms with van der Waals surface area (Å²) in [5.74, 6) is 0. The molecule has 0 spiro atoms. The Morgan fingerprint density at radius 3 is 2.73 bits per heavy atom. The number of methoxy groups -OCH3 is 1. The van der Waals surface area contributed by atoms with Gasteiger partial charge in [0.15, 0.2) is 0 Å². The van der Waals surface area contributed by atoms with E-state index in [4.69, 9.17) is 4.74 Å². The van der Waals surface area contributed by atoms with Crippen LogP contribution in [0.15, 0.2) is 24.5 Å². The van der Waals surface area contributed by atoms with Crippen LogP contribution in [0.4, 0.5) is 0 Å². The van der Waals surface area contributed by atoms with E-state index in [1.165, 1.54) is 0 Å². The lowest BCUT2D eigenvalue weighted by atomic mass is 9.92. The molecule has 3 heteroatoms. The molecule has 0 saturated carbocycles. The molecule has 1 atom stereocenters. The van der Waals surface area contributed by atoms with Crippen LogP contribution in [0.3, 0.4) is 0 Å². The van der Waals surface area contributed by atoms with Crippen LogP contribution in [0.2, 0.25) is 0 Å². The smallest absolute Gasteiger partial charge is 0.0817 e. The van der Waals surface area contributed by atoms with Gasteiger partial charge in [0.2, 0.25) is 0 Å². The summed E-state index contributed by atoms with van der Waals surface area (Å²) in [6.45, 7) is 7.15. The van der Waals surface area contributed by atoms with E-state index in [2.05, 4.69) is 37.1 Å². The van der Waals surface area contributed by atoms with Gasteiger partial charge in [-0.05, 0) is 32.0 Å². The predicted octanol–water partition coefficient (Wildman–Crippen LogP) is 2.16. The maximum absolute atomic E-state index is 5.52. The average Bonchev–Trinajstić information content (AvgIpc) is 2.27. The number of ether oxygens (including phenoxy) is 1. The fourth-order valence-corrected chi connectivity index (χ4v) is 1.63. The van der Waals surface area contributed by atoms with Crippen LogP contribution < -0.4 is 5.32 Å². The highest BCUT2D eigenvalue weighted by molar-refractivity contribution is 5.17. The van der Waals surface area contributed by atoms with E-state index in [0.29, 0.717) is 0 Å². The monoisotopic (exact) mass is 208 g/mol. The number of nitrogens with one attached hydrogen (secondary N) is 1. The molecule has 84 valence electrons. The zero-order valence-electron chi connectivity index (χ0n) is 9.95. The van der Waals surface area contributed by atoms with Crippen LogP contribution in [0, 0.1) is 0 Å². The fourth-order valence-electron chi connectivity index (χ4n) is 1.63. The van der Waals surface area contributed by atoms with Gasteiger partial charge in [-0.2, -0.15) is 0 Å². The van der Waals surface area contributed by atoms with Gasteiger partial charge < -0.3 is 10.1 Å². The van der Waals surface area contributed by atoms with Crippen molar-refractivity contribution in [2.45, 2.75) is 32.4 Å². The van der Waals surface area contributed by atoms with Gasteiger partial charge in [0.05, 0.1) is 11.6 Å². The van der Waals surface area contributed by atoms with Crippen molar-refractivity contribution in [2.24, 2.45) is 0 Å². The van der Waals surface area contributed by atoms with Crippen molar-refractivity contribution in [3.05, 3.63) is 30.1 Å².